The van der Waals surface area contributed by atoms with Crippen LogP contribution in [0.4, 0.5) is 20.6 Å². The van der Waals surface area contributed by atoms with Crippen molar-refractivity contribution in [3.05, 3.63) is 48.3 Å². The van der Waals surface area contributed by atoms with Crippen LogP contribution < -0.4 is 16.0 Å². The molecule has 1 aliphatic rings. The van der Waals surface area contributed by atoms with Crippen molar-refractivity contribution in [3.8, 4) is 11.1 Å². The molecule has 1 fully saturated rings. The van der Waals surface area contributed by atoms with E-state index < -0.39 is 11.8 Å². The number of carbonyl (C=O) groups excluding carboxylic acids is 2. The number of likely N-dealkylation sites (tertiary alicyclic amines) is 1. The van der Waals surface area contributed by atoms with E-state index in [9.17, 15) is 14.0 Å². The van der Waals surface area contributed by atoms with Gasteiger partial charge in [0.2, 0.25) is 5.91 Å². The molecule has 1 saturated heterocycles. The van der Waals surface area contributed by atoms with Gasteiger partial charge in [0.25, 0.3) is 0 Å². The Kier molecular flexibility index (Phi) is 8.41. The first-order chi connectivity index (χ1) is 15.0. The number of nitrogens with one attached hydrogen (secondary N) is 3. The molecule has 2 aromatic carbocycles. The molecule has 7 heteroatoms. The van der Waals surface area contributed by atoms with Crippen LogP contribution in [0.3, 0.4) is 0 Å². The van der Waals surface area contributed by atoms with E-state index in [2.05, 4.69) is 20.9 Å². The van der Waals surface area contributed by atoms with Crippen molar-refractivity contribution in [1.29, 1.82) is 0 Å². The minimum absolute atomic E-state index is 0.132. The van der Waals surface area contributed by atoms with Gasteiger partial charge in [-0.3, -0.25) is 4.79 Å². The number of amides is 3. The predicted molar refractivity (Wildman–Crippen MR) is 123 cm³/mol. The number of unbranched alkanes of at least 4 members (excludes halogenated alkanes) is 1. The molecule has 6 nitrogen and oxygen atoms in total. The molecule has 0 atom stereocenters. The molecular weight excluding hydrogens is 395 g/mol. The van der Waals surface area contributed by atoms with E-state index in [1.807, 2.05) is 6.07 Å². The van der Waals surface area contributed by atoms with E-state index in [-0.39, 0.29) is 11.6 Å². The second kappa shape index (κ2) is 11.5. The molecule has 3 rings (SSSR count). The highest BCUT2D eigenvalue weighted by Crippen LogP contribution is 2.26. The molecule has 3 N–H and O–H groups in total. The molecule has 0 spiro atoms. The highest BCUT2D eigenvalue weighted by molar-refractivity contribution is 5.90. The first-order valence-electron chi connectivity index (χ1n) is 11.0. The SMILES string of the molecule is CC(=O)Nc1cccc(-c2ccc(NC(=O)NCCCCN3CCCCC3)c(F)c2)c1. The number of urea groups is 1. The maximum Gasteiger partial charge on any atom is 0.319 e. The van der Waals surface area contributed by atoms with Crippen LogP contribution in [0.1, 0.15) is 39.0 Å². The van der Waals surface area contributed by atoms with E-state index in [1.165, 1.54) is 45.3 Å². The summed E-state index contributed by atoms with van der Waals surface area (Å²) in [5.74, 6) is -0.678. The first kappa shape index (κ1) is 22.7. The zero-order valence-corrected chi connectivity index (χ0v) is 18.0. The van der Waals surface area contributed by atoms with Gasteiger partial charge in [0.15, 0.2) is 0 Å². The topological polar surface area (TPSA) is 73.5 Å². The zero-order chi connectivity index (χ0) is 22.1. The van der Waals surface area contributed by atoms with Crippen LogP contribution in [-0.4, -0.2) is 43.0 Å². The number of hydrogen-bond acceptors (Lipinski definition) is 3. The lowest BCUT2D eigenvalue weighted by molar-refractivity contribution is -0.114. The van der Waals surface area contributed by atoms with Crippen molar-refractivity contribution in [2.24, 2.45) is 0 Å². The number of benzene rings is 2. The molecule has 0 radical (unpaired) electrons. The number of carbonyl (C=O) groups is 2. The molecular formula is C24H31FN4O2. The maximum absolute atomic E-state index is 14.5. The van der Waals surface area contributed by atoms with Crippen molar-refractivity contribution in [3.63, 3.8) is 0 Å². The van der Waals surface area contributed by atoms with Crippen molar-refractivity contribution in [2.75, 3.05) is 36.8 Å². The number of hydrogen-bond donors (Lipinski definition) is 3. The fraction of sp³-hybridized carbons (Fsp3) is 0.417. The predicted octanol–water partition coefficient (Wildman–Crippen LogP) is 4.84. The second-order valence-electron chi connectivity index (χ2n) is 7.95. The number of piperidine rings is 1. The largest absolute Gasteiger partial charge is 0.338 e. The molecule has 0 aliphatic carbocycles. The quantitative estimate of drug-likeness (QED) is 0.529. The van der Waals surface area contributed by atoms with Crippen LogP contribution in [0.25, 0.3) is 11.1 Å². The van der Waals surface area contributed by atoms with Gasteiger partial charge in [0.05, 0.1) is 5.69 Å². The number of nitrogens with zero attached hydrogens (tertiary/aromatic N) is 1. The highest BCUT2D eigenvalue weighted by atomic mass is 19.1. The standard InChI is InChI=1S/C24H31FN4O2/c1-18(30)27-21-9-7-8-19(16-21)20-10-11-23(22(25)17-20)28-24(31)26-12-3-6-15-29-13-4-2-5-14-29/h7-11,16-17H,2-6,12-15H2,1H3,(H,27,30)(H2,26,28,31). The molecule has 1 heterocycles. The number of anilines is 2. The van der Waals surface area contributed by atoms with Gasteiger partial charge < -0.3 is 20.9 Å². The van der Waals surface area contributed by atoms with Crippen molar-refractivity contribution in [2.45, 2.75) is 39.0 Å². The lowest BCUT2D eigenvalue weighted by Gasteiger charge is -2.26. The van der Waals surface area contributed by atoms with Gasteiger partial charge >= 0.3 is 6.03 Å². The van der Waals surface area contributed by atoms with E-state index in [4.69, 9.17) is 0 Å². The van der Waals surface area contributed by atoms with Crippen molar-refractivity contribution < 1.29 is 14.0 Å². The maximum atomic E-state index is 14.5. The third-order valence-corrected chi connectivity index (χ3v) is 5.37. The molecule has 0 aromatic heterocycles. The summed E-state index contributed by atoms with van der Waals surface area (Å²) in [5.41, 5.74) is 2.21. The summed E-state index contributed by atoms with van der Waals surface area (Å²) in [5, 5.41) is 8.08. The Bertz CT molecular complexity index is 897. The van der Waals surface area contributed by atoms with Gasteiger partial charge in [0, 0.05) is 19.2 Å². The summed E-state index contributed by atoms with van der Waals surface area (Å²) in [6.45, 7) is 5.44. The Labute approximate surface area is 183 Å². The Morgan fingerprint density at radius 3 is 2.48 bits per heavy atom. The molecule has 1 aliphatic heterocycles. The summed E-state index contributed by atoms with van der Waals surface area (Å²) in [6.07, 6.45) is 5.84. The summed E-state index contributed by atoms with van der Waals surface area (Å²) < 4.78 is 14.5. The van der Waals surface area contributed by atoms with Gasteiger partial charge in [-0.25, -0.2) is 9.18 Å². The van der Waals surface area contributed by atoms with Crippen LogP contribution in [-0.2, 0) is 4.79 Å². The van der Waals surface area contributed by atoms with Crippen LogP contribution in [0.5, 0.6) is 0 Å². The van der Waals surface area contributed by atoms with Crippen LogP contribution in [0.15, 0.2) is 42.5 Å². The van der Waals surface area contributed by atoms with Crippen LogP contribution in [0, 0.1) is 5.82 Å². The molecule has 166 valence electrons. The molecule has 2 aromatic rings. The fourth-order valence-electron chi connectivity index (χ4n) is 3.79. The lowest BCUT2D eigenvalue weighted by Crippen LogP contribution is -2.32. The van der Waals surface area contributed by atoms with Crippen LogP contribution in [0.2, 0.25) is 0 Å². The molecule has 0 bridgehead atoms. The number of halogens is 1. The average molecular weight is 427 g/mol. The summed E-state index contributed by atoms with van der Waals surface area (Å²) in [6, 6.07) is 11.4. The smallest absolute Gasteiger partial charge is 0.319 e. The van der Waals surface area contributed by atoms with E-state index >= 15 is 0 Å². The lowest BCUT2D eigenvalue weighted by atomic mass is 10.0. The Morgan fingerprint density at radius 2 is 1.74 bits per heavy atom. The molecule has 31 heavy (non-hydrogen) atoms. The minimum Gasteiger partial charge on any atom is -0.338 e. The fourth-order valence-corrected chi connectivity index (χ4v) is 3.79. The highest BCUT2D eigenvalue weighted by Gasteiger charge is 2.11. The van der Waals surface area contributed by atoms with E-state index in [1.54, 1.807) is 30.3 Å². The van der Waals surface area contributed by atoms with Gasteiger partial charge in [-0.2, -0.15) is 0 Å². The zero-order valence-electron chi connectivity index (χ0n) is 18.0. The Morgan fingerprint density at radius 1 is 0.968 bits per heavy atom. The summed E-state index contributed by atoms with van der Waals surface area (Å²) in [7, 11) is 0. The summed E-state index contributed by atoms with van der Waals surface area (Å²) >= 11 is 0. The molecule has 3 amide bonds. The van der Waals surface area contributed by atoms with E-state index in [0.717, 1.165) is 24.9 Å². The third-order valence-electron chi connectivity index (χ3n) is 5.37. The average Bonchev–Trinajstić information content (AvgIpc) is 2.75. The molecule has 0 unspecified atom stereocenters. The van der Waals surface area contributed by atoms with Gasteiger partial charge in [0.1, 0.15) is 5.82 Å². The van der Waals surface area contributed by atoms with Crippen molar-refractivity contribution >= 4 is 23.3 Å². The monoisotopic (exact) mass is 426 g/mol. The van der Waals surface area contributed by atoms with Crippen molar-refractivity contribution in [1.82, 2.24) is 10.2 Å². The van der Waals surface area contributed by atoms with E-state index in [0.29, 0.717) is 17.8 Å². The normalized spacial score (nSPS) is 14.1. The number of rotatable bonds is 8. The Hall–Kier alpha value is -2.93. The summed E-state index contributed by atoms with van der Waals surface area (Å²) in [4.78, 5) is 25.8. The molecule has 0 saturated carbocycles. The van der Waals surface area contributed by atoms with Gasteiger partial charge in [-0.15, -0.1) is 0 Å². The Balaban J connectivity index is 1.46. The third kappa shape index (κ3) is 7.36. The minimum atomic E-state index is -0.511. The van der Waals surface area contributed by atoms with Gasteiger partial charge in [-0.05, 0) is 80.7 Å². The first-order valence-corrected chi connectivity index (χ1v) is 11.0. The van der Waals surface area contributed by atoms with Gasteiger partial charge in [-0.1, -0.05) is 24.6 Å². The van der Waals surface area contributed by atoms with Crippen LogP contribution >= 0.6 is 0 Å². The second-order valence-corrected chi connectivity index (χ2v) is 7.95.